The van der Waals surface area contributed by atoms with E-state index in [1.807, 2.05) is 18.2 Å². The number of nitrogens with zero attached hydrogens (tertiary/aromatic N) is 2. The molecule has 0 heterocycles. The molecule has 1 N–H and O–H groups in total. The monoisotopic (exact) mass is 204 g/mol. The first-order chi connectivity index (χ1) is 7.27. The Bertz CT molecular complexity index is 383. The molecule has 0 aliphatic carbocycles. The zero-order valence-electron chi connectivity index (χ0n) is 8.42. The van der Waals surface area contributed by atoms with Gasteiger partial charge >= 0.3 is 0 Å². The van der Waals surface area contributed by atoms with Crippen LogP contribution in [0.3, 0.4) is 0 Å². The molecule has 0 radical (unpaired) electrons. The number of carbonyl (C=O) groups is 1. The van der Waals surface area contributed by atoms with Crippen LogP contribution in [0, 0.1) is 0 Å². The lowest BCUT2D eigenvalue weighted by atomic mass is 10.2. The number of hydrogen-bond donors (Lipinski definition) is 1. The minimum atomic E-state index is -0.239. The van der Waals surface area contributed by atoms with Crippen molar-refractivity contribution in [2.75, 3.05) is 0 Å². The zero-order chi connectivity index (χ0) is 11.1. The van der Waals surface area contributed by atoms with Crippen molar-refractivity contribution in [3.05, 3.63) is 42.3 Å². The maximum absolute atomic E-state index is 11.2. The lowest BCUT2D eigenvalue weighted by molar-refractivity contribution is -0.115. The minimum Gasteiger partial charge on any atom is -0.513 e. The predicted octanol–water partition coefficient (Wildman–Crippen LogP) is 3.15. The molecule has 0 saturated heterocycles. The van der Waals surface area contributed by atoms with Crippen LogP contribution < -0.4 is 0 Å². The van der Waals surface area contributed by atoms with E-state index >= 15 is 0 Å². The SMILES string of the molecule is CCC(=O)/C(=C\O)N=Nc1ccccc1. The number of allylic oxidation sites excluding steroid dienone is 1. The van der Waals surface area contributed by atoms with Crippen LogP contribution >= 0.6 is 0 Å². The number of benzene rings is 1. The van der Waals surface area contributed by atoms with Crippen molar-refractivity contribution in [1.82, 2.24) is 0 Å². The second kappa shape index (κ2) is 5.70. The van der Waals surface area contributed by atoms with E-state index in [1.54, 1.807) is 19.1 Å². The van der Waals surface area contributed by atoms with Gasteiger partial charge in [-0.3, -0.25) is 4.79 Å². The standard InChI is InChI=1S/C11H12N2O2/c1-2-11(15)10(8-14)13-12-9-6-4-3-5-7-9/h3-8,14H,2H2,1H3/b10-8+,13-12?. The van der Waals surface area contributed by atoms with Crippen LogP contribution in [0.25, 0.3) is 0 Å². The molecule has 0 aliphatic heterocycles. The highest BCUT2D eigenvalue weighted by molar-refractivity contribution is 5.94. The Hall–Kier alpha value is -1.97. The summed E-state index contributed by atoms with van der Waals surface area (Å²) in [4.78, 5) is 11.2. The van der Waals surface area contributed by atoms with E-state index in [4.69, 9.17) is 5.11 Å². The summed E-state index contributed by atoms with van der Waals surface area (Å²) >= 11 is 0. The molecule has 0 unspecified atom stereocenters. The van der Waals surface area contributed by atoms with Crippen LogP contribution in [-0.4, -0.2) is 10.9 Å². The van der Waals surface area contributed by atoms with Crippen LogP contribution in [0.1, 0.15) is 13.3 Å². The molecule has 0 atom stereocenters. The van der Waals surface area contributed by atoms with Crippen molar-refractivity contribution >= 4 is 11.5 Å². The number of ketones is 1. The van der Waals surface area contributed by atoms with Crippen LogP contribution in [0.15, 0.2) is 52.5 Å². The largest absolute Gasteiger partial charge is 0.513 e. The third-order valence-corrected chi connectivity index (χ3v) is 1.76. The van der Waals surface area contributed by atoms with Crippen LogP contribution in [-0.2, 0) is 4.79 Å². The number of aliphatic hydroxyl groups excluding tert-OH is 1. The minimum absolute atomic E-state index is 0.0265. The van der Waals surface area contributed by atoms with E-state index in [2.05, 4.69) is 10.2 Å². The third kappa shape index (κ3) is 3.34. The van der Waals surface area contributed by atoms with Gasteiger partial charge in [-0.25, -0.2) is 0 Å². The molecule has 4 heteroatoms. The summed E-state index contributed by atoms with van der Waals surface area (Å²) in [6.07, 6.45) is 0.971. The van der Waals surface area contributed by atoms with Crippen LogP contribution in [0.2, 0.25) is 0 Å². The Balaban J connectivity index is 2.77. The van der Waals surface area contributed by atoms with E-state index < -0.39 is 0 Å². The maximum atomic E-state index is 11.2. The molecular weight excluding hydrogens is 192 g/mol. The van der Waals surface area contributed by atoms with Crippen LogP contribution in [0.4, 0.5) is 5.69 Å². The van der Waals surface area contributed by atoms with Crippen molar-refractivity contribution < 1.29 is 9.90 Å². The summed E-state index contributed by atoms with van der Waals surface area (Å²) in [5.74, 6) is -0.239. The number of hydrogen-bond acceptors (Lipinski definition) is 4. The molecule has 0 fully saturated rings. The summed E-state index contributed by atoms with van der Waals surface area (Å²) in [5, 5.41) is 16.3. The highest BCUT2D eigenvalue weighted by Gasteiger charge is 2.05. The van der Waals surface area contributed by atoms with Gasteiger partial charge in [0, 0.05) is 6.42 Å². The fraction of sp³-hybridized carbons (Fsp3) is 0.182. The number of rotatable bonds is 4. The molecule has 0 aliphatic rings. The first kappa shape index (κ1) is 11.1. The lowest BCUT2D eigenvalue weighted by Crippen LogP contribution is -1.97. The first-order valence-electron chi connectivity index (χ1n) is 4.62. The third-order valence-electron chi connectivity index (χ3n) is 1.76. The van der Waals surface area contributed by atoms with Crippen molar-refractivity contribution in [2.24, 2.45) is 10.2 Å². The Kier molecular flexibility index (Phi) is 4.22. The average Bonchev–Trinajstić information content (AvgIpc) is 2.31. The van der Waals surface area contributed by atoms with Crippen LogP contribution in [0.5, 0.6) is 0 Å². The summed E-state index contributed by atoms with van der Waals surface area (Å²) in [6, 6.07) is 9.01. The fourth-order valence-electron chi connectivity index (χ4n) is 0.941. The smallest absolute Gasteiger partial charge is 0.185 e. The molecule has 1 rings (SSSR count). The average molecular weight is 204 g/mol. The van der Waals surface area contributed by atoms with E-state index in [1.165, 1.54) is 0 Å². The molecule has 78 valence electrons. The van der Waals surface area contributed by atoms with E-state index in [0.717, 1.165) is 0 Å². The van der Waals surface area contributed by atoms with Gasteiger partial charge in [-0.05, 0) is 12.1 Å². The van der Waals surface area contributed by atoms with Gasteiger partial charge in [0.05, 0.1) is 5.69 Å². The second-order valence-corrected chi connectivity index (χ2v) is 2.83. The Morgan fingerprint density at radius 2 is 2.07 bits per heavy atom. The van der Waals surface area contributed by atoms with E-state index in [-0.39, 0.29) is 11.5 Å². The molecule has 0 bridgehead atoms. The molecule has 0 amide bonds. The fourth-order valence-corrected chi connectivity index (χ4v) is 0.941. The van der Waals surface area contributed by atoms with Gasteiger partial charge in [-0.1, -0.05) is 25.1 Å². The van der Waals surface area contributed by atoms with E-state index in [0.29, 0.717) is 18.4 Å². The molecular formula is C11H12N2O2. The quantitative estimate of drug-likeness (QED) is 0.465. The molecule has 0 aromatic heterocycles. The van der Waals surface area contributed by atoms with Gasteiger partial charge in [0.2, 0.25) is 0 Å². The normalized spacial score (nSPS) is 11.9. The molecule has 0 spiro atoms. The van der Waals surface area contributed by atoms with Gasteiger partial charge < -0.3 is 5.11 Å². The topological polar surface area (TPSA) is 62.0 Å². The molecule has 1 aromatic carbocycles. The highest BCUT2D eigenvalue weighted by Crippen LogP contribution is 2.12. The van der Waals surface area contributed by atoms with E-state index in [9.17, 15) is 4.79 Å². The second-order valence-electron chi connectivity index (χ2n) is 2.83. The van der Waals surface area contributed by atoms with Gasteiger partial charge in [0.15, 0.2) is 11.5 Å². The van der Waals surface area contributed by atoms with Gasteiger partial charge in [-0.2, -0.15) is 5.11 Å². The summed E-state index contributed by atoms with van der Waals surface area (Å²) in [6.45, 7) is 1.70. The van der Waals surface area contributed by atoms with Gasteiger partial charge in [0.25, 0.3) is 0 Å². The van der Waals surface area contributed by atoms with Crippen molar-refractivity contribution in [3.8, 4) is 0 Å². The lowest BCUT2D eigenvalue weighted by Gasteiger charge is -1.94. The Labute approximate surface area is 88.0 Å². The number of carbonyl (C=O) groups excluding carboxylic acids is 1. The summed E-state index contributed by atoms with van der Waals surface area (Å²) < 4.78 is 0. The number of aliphatic hydroxyl groups is 1. The first-order valence-corrected chi connectivity index (χ1v) is 4.62. The predicted molar refractivity (Wildman–Crippen MR) is 57.0 cm³/mol. The van der Waals surface area contributed by atoms with Gasteiger partial charge in [-0.15, -0.1) is 5.11 Å². The number of Topliss-reactive ketones (excluding diaryl/α,β-unsaturated/α-hetero) is 1. The summed E-state index contributed by atoms with van der Waals surface area (Å²) in [5.41, 5.74) is 0.613. The molecule has 15 heavy (non-hydrogen) atoms. The summed E-state index contributed by atoms with van der Waals surface area (Å²) in [7, 11) is 0. The molecule has 0 saturated carbocycles. The zero-order valence-corrected chi connectivity index (χ0v) is 8.42. The molecule has 4 nitrogen and oxygen atoms in total. The Morgan fingerprint density at radius 3 is 2.60 bits per heavy atom. The Morgan fingerprint density at radius 1 is 1.40 bits per heavy atom. The van der Waals surface area contributed by atoms with Crippen molar-refractivity contribution in [1.29, 1.82) is 0 Å². The van der Waals surface area contributed by atoms with Gasteiger partial charge in [0.1, 0.15) is 6.26 Å². The number of azo groups is 1. The van der Waals surface area contributed by atoms with Crippen molar-refractivity contribution in [3.63, 3.8) is 0 Å². The maximum Gasteiger partial charge on any atom is 0.185 e. The van der Waals surface area contributed by atoms with Crippen molar-refractivity contribution in [2.45, 2.75) is 13.3 Å². The molecule has 1 aromatic rings. The highest BCUT2D eigenvalue weighted by atomic mass is 16.2.